The van der Waals surface area contributed by atoms with Gasteiger partial charge in [0.15, 0.2) is 0 Å². The summed E-state index contributed by atoms with van der Waals surface area (Å²) in [5.41, 5.74) is 1.98. The van der Waals surface area contributed by atoms with Gasteiger partial charge in [-0.2, -0.15) is 5.26 Å². The van der Waals surface area contributed by atoms with Crippen molar-refractivity contribution < 1.29 is 0 Å². The minimum absolute atomic E-state index is 0.358. The van der Waals surface area contributed by atoms with Gasteiger partial charge in [0.05, 0.1) is 11.6 Å². The Kier molecular flexibility index (Phi) is 3.81. The average molecular weight is 228 g/mol. The molecular formula is C15H20N2. The molecule has 2 heteroatoms. The molecule has 2 unspecified atom stereocenters. The molecule has 1 N–H and O–H groups in total. The van der Waals surface area contributed by atoms with E-state index in [9.17, 15) is 0 Å². The zero-order valence-electron chi connectivity index (χ0n) is 10.6. The van der Waals surface area contributed by atoms with Crippen LogP contribution in [0.4, 0.5) is 0 Å². The minimum atomic E-state index is 0.358. The van der Waals surface area contributed by atoms with Crippen molar-refractivity contribution in [3.05, 3.63) is 35.4 Å². The minimum Gasteiger partial charge on any atom is -0.308 e. The molecule has 0 saturated heterocycles. The van der Waals surface area contributed by atoms with Crippen LogP contribution < -0.4 is 5.32 Å². The van der Waals surface area contributed by atoms with Crippen molar-refractivity contribution in [2.24, 2.45) is 5.92 Å². The van der Waals surface area contributed by atoms with Crippen molar-refractivity contribution in [2.75, 3.05) is 0 Å². The Morgan fingerprint density at radius 3 is 2.47 bits per heavy atom. The molecular weight excluding hydrogens is 208 g/mol. The molecule has 0 aromatic heterocycles. The van der Waals surface area contributed by atoms with Crippen molar-refractivity contribution in [3.8, 4) is 6.07 Å². The third-order valence-corrected chi connectivity index (χ3v) is 3.46. The van der Waals surface area contributed by atoms with Crippen LogP contribution in [-0.4, -0.2) is 6.04 Å². The average Bonchev–Trinajstić information content (AvgIpc) is 3.12. The monoisotopic (exact) mass is 228 g/mol. The first-order valence-electron chi connectivity index (χ1n) is 6.45. The molecule has 0 aliphatic heterocycles. The van der Waals surface area contributed by atoms with E-state index in [4.69, 9.17) is 5.26 Å². The van der Waals surface area contributed by atoms with E-state index in [-0.39, 0.29) is 0 Å². The molecule has 2 nitrogen and oxygen atoms in total. The highest BCUT2D eigenvalue weighted by Gasteiger charge is 2.24. The molecule has 0 bridgehead atoms. The van der Waals surface area contributed by atoms with Crippen LogP contribution in [0.15, 0.2) is 24.3 Å². The number of hydrogen-bond acceptors (Lipinski definition) is 2. The first-order valence-corrected chi connectivity index (χ1v) is 6.45. The molecule has 2 atom stereocenters. The van der Waals surface area contributed by atoms with Gasteiger partial charge in [-0.15, -0.1) is 0 Å². The van der Waals surface area contributed by atoms with Crippen LogP contribution in [0.3, 0.4) is 0 Å². The molecule has 90 valence electrons. The molecule has 2 rings (SSSR count). The SMILES string of the molecule is CC(CC1CC1)NC(C)c1ccc(C#N)cc1. The predicted molar refractivity (Wildman–Crippen MR) is 69.5 cm³/mol. The van der Waals surface area contributed by atoms with Gasteiger partial charge >= 0.3 is 0 Å². The van der Waals surface area contributed by atoms with E-state index in [1.807, 2.05) is 24.3 Å². The lowest BCUT2D eigenvalue weighted by Gasteiger charge is -2.20. The van der Waals surface area contributed by atoms with Gasteiger partial charge in [0.2, 0.25) is 0 Å². The summed E-state index contributed by atoms with van der Waals surface area (Å²) < 4.78 is 0. The normalized spacial score (nSPS) is 18.4. The molecule has 0 spiro atoms. The summed E-state index contributed by atoms with van der Waals surface area (Å²) in [6.07, 6.45) is 4.12. The molecule has 1 aliphatic carbocycles. The number of nitrogens with zero attached hydrogens (tertiary/aromatic N) is 1. The largest absolute Gasteiger partial charge is 0.308 e. The molecule has 1 aliphatic rings. The summed E-state index contributed by atoms with van der Waals surface area (Å²) in [6.45, 7) is 4.45. The fraction of sp³-hybridized carbons (Fsp3) is 0.533. The molecule has 1 fully saturated rings. The van der Waals surface area contributed by atoms with Crippen LogP contribution >= 0.6 is 0 Å². The van der Waals surface area contributed by atoms with Gasteiger partial charge in [-0.05, 0) is 43.9 Å². The van der Waals surface area contributed by atoms with E-state index in [1.54, 1.807) is 0 Å². The van der Waals surface area contributed by atoms with Crippen molar-refractivity contribution in [1.29, 1.82) is 5.26 Å². The van der Waals surface area contributed by atoms with Crippen LogP contribution in [0, 0.1) is 17.2 Å². The van der Waals surface area contributed by atoms with E-state index >= 15 is 0 Å². The summed E-state index contributed by atoms with van der Waals surface area (Å²) in [4.78, 5) is 0. The lowest BCUT2D eigenvalue weighted by Crippen LogP contribution is -2.29. The zero-order valence-corrected chi connectivity index (χ0v) is 10.6. The summed E-state index contributed by atoms with van der Waals surface area (Å²) in [5, 5.41) is 12.4. The maximum atomic E-state index is 8.75. The summed E-state index contributed by atoms with van der Waals surface area (Å²) in [7, 11) is 0. The number of benzene rings is 1. The number of nitrogens with one attached hydrogen (secondary N) is 1. The Balaban J connectivity index is 1.88. The third kappa shape index (κ3) is 3.57. The smallest absolute Gasteiger partial charge is 0.0991 e. The molecule has 17 heavy (non-hydrogen) atoms. The maximum Gasteiger partial charge on any atom is 0.0991 e. The number of rotatable bonds is 5. The van der Waals surface area contributed by atoms with Crippen LogP contribution in [0.25, 0.3) is 0 Å². The lowest BCUT2D eigenvalue weighted by molar-refractivity contribution is 0.438. The van der Waals surface area contributed by atoms with E-state index in [2.05, 4.69) is 25.2 Å². The van der Waals surface area contributed by atoms with Crippen molar-refractivity contribution in [1.82, 2.24) is 5.32 Å². The maximum absolute atomic E-state index is 8.75. The van der Waals surface area contributed by atoms with Crippen LogP contribution in [0.1, 0.15) is 50.3 Å². The Labute approximate surface area is 104 Å². The standard InChI is InChI=1S/C15H20N2/c1-11(9-13-3-4-13)17-12(2)15-7-5-14(10-16)6-8-15/h5-8,11-13,17H,3-4,9H2,1-2H3. The van der Waals surface area contributed by atoms with E-state index in [1.165, 1.54) is 24.8 Å². The first kappa shape index (κ1) is 12.1. The molecule has 0 heterocycles. The molecule has 1 saturated carbocycles. The fourth-order valence-electron chi connectivity index (χ4n) is 2.29. The Bertz CT molecular complexity index is 398. The van der Waals surface area contributed by atoms with Gasteiger partial charge in [0.25, 0.3) is 0 Å². The van der Waals surface area contributed by atoms with Gasteiger partial charge in [-0.3, -0.25) is 0 Å². The number of nitriles is 1. The van der Waals surface area contributed by atoms with Gasteiger partial charge < -0.3 is 5.32 Å². The fourth-order valence-corrected chi connectivity index (χ4v) is 2.29. The highest BCUT2D eigenvalue weighted by atomic mass is 14.9. The van der Waals surface area contributed by atoms with Crippen molar-refractivity contribution in [2.45, 2.75) is 45.2 Å². The number of hydrogen-bond donors (Lipinski definition) is 1. The highest BCUT2D eigenvalue weighted by molar-refractivity contribution is 5.32. The third-order valence-electron chi connectivity index (χ3n) is 3.46. The van der Waals surface area contributed by atoms with E-state index in [0.717, 1.165) is 11.5 Å². The summed E-state index contributed by atoms with van der Waals surface area (Å²) in [6, 6.07) is 10.9. The second-order valence-corrected chi connectivity index (χ2v) is 5.20. The van der Waals surface area contributed by atoms with Gasteiger partial charge in [-0.1, -0.05) is 25.0 Å². The topological polar surface area (TPSA) is 35.8 Å². The Morgan fingerprint density at radius 1 is 1.29 bits per heavy atom. The van der Waals surface area contributed by atoms with E-state index in [0.29, 0.717) is 12.1 Å². The second-order valence-electron chi connectivity index (χ2n) is 5.20. The molecule has 1 aromatic carbocycles. The summed E-state index contributed by atoms with van der Waals surface area (Å²) in [5.74, 6) is 0.964. The molecule has 0 radical (unpaired) electrons. The van der Waals surface area contributed by atoms with Gasteiger partial charge in [0, 0.05) is 12.1 Å². The predicted octanol–water partition coefficient (Wildman–Crippen LogP) is 3.40. The van der Waals surface area contributed by atoms with Crippen LogP contribution in [0.5, 0.6) is 0 Å². The van der Waals surface area contributed by atoms with Gasteiger partial charge in [0.1, 0.15) is 0 Å². The molecule has 0 amide bonds. The Morgan fingerprint density at radius 2 is 1.94 bits per heavy atom. The lowest BCUT2D eigenvalue weighted by atomic mass is 10.0. The first-order chi connectivity index (χ1) is 8.19. The zero-order chi connectivity index (χ0) is 12.3. The van der Waals surface area contributed by atoms with Crippen LogP contribution in [0.2, 0.25) is 0 Å². The van der Waals surface area contributed by atoms with Crippen molar-refractivity contribution in [3.63, 3.8) is 0 Å². The van der Waals surface area contributed by atoms with E-state index < -0.39 is 0 Å². The van der Waals surface area contributed by atoms with Gasteiger partial charge in [-0.25, -0.2) is 0 Å². The van der Waals surface area contributed by atoms with Crippen LogP contribution in [-0.2, 0) is 0 Å². The molecule has 1 aromatic rings. The Hall–Kier alpha value is -1.33. The summed E-state index contributed by atoms with van der Waals surface area (Å²) >= 11 is 0. The quantitative estimate of drug-likeness (QED) is 0.838. The second kappa shape index (κ2) is 5.33. The highest BCUT2D eigenvalue weighted by Crippen LogP contribution is 2.33. The van der Waals surface area contributed by atoms with Crippen molar-refractivity contribution >= 4 is 0 Å².